The molecule has 2 aromatic heterocycles. The molecule has 57 heavy (non-hydrogen) atoms. The third-order valence-electron chi connectivity index (χ3n) is 11.4. The van der Waals surface area contributed by atoms with Crippen LogP contribution in [0.1, 0.15) is 73.6 Å². The van der Waals surface area contributed by atoms with E-state index in [0.29, 0.717) is 11.5 Å². The number of ether oxygens (including phenoxy) is 1. The number of hydrogen-bond acceptors (Lipinski definition) is 4. The third-order valence-corrected chi connectivity index (χ3v) is 11.4. The van der Waals surface area contributed by atoms with Gasteiger partial charge in [-0.2, -0.15) is 12.7 Å². The molecule has 7 aromatic rings. The van der Waals surface area contributed by atoms with Crippen molar-refractivity contribution < 1.29 is 25.8 Å². The van der Waals surface area contributed by atoms with E-state index in [-0.39, 0.29) is 26.5 Å². The molecule has 0 N–H and O–H groups in total. The van der Waals surface area contributed by atoms with Crippen molar-refractivity contribution in [3.63, 3.8) is 0 Å². The van der Waals surface area contributed by atoms with E-state index >= 15 is 0 Å². The molecule has 0 aliphatic carbocycles. The zero-order chi connectivity index (χ0) is 39.8. The summed E-state index contributed by atoms with van der Waals surface area (Å²) in [4.78, 5) is 9.37. The van der Waals surface area contributed by atoms with E-state index in [1.165, 1.54) is 61.3 Å². The van der Waals surface area contributed by atoms with Gasteiger partial charge in [0.05, 0.1) is 0 Å². The molecule has 0 spiro atoms. The van der Waals surface area contributed by atoms with Gasteiger partial charge in [-0.05, 0) is 130 Å². The molecule has 1 aliphatic heterocycles. The SMILES string of the molecule is CC1=C(C)N(c2[c-]c(Oc3[c-]c4c(cc3)c3cccc(-c5c(C)cc(C)cc5C)c3n4-c3cc(C(C)(C)C)ccn3)cc(-c3c(C)cc(C)cc3C)c2)[CH-]N1C.[Pt]. The summed E-state index contributed by atoms with van der Waals surface area (Å²) >= 11 is 0. The normalized spacial score (nSPS) is 13.3. The molecular formula is C51H51N4OPt-3. The fraction of sp³-hybridized carbons (Fsp3) is 0.255. The van der Waals surface area contributed by atoms with Gasteiger partial charge in [0.2, 0.25) is 0 Å². The minimum absolute atomic E-state index is 0. The van der Waals surface area contributed by atoms with Gasteiger partial charge >= 0.3 is 0 Å². The molecule has 0 fully saturated rings. The van der Waals surface area contributed by atoms with E-state index in [2.05, 4.69) is 189 Å². The number of fused-ring (bicyclic) bond motifs is 3. The Morgan fingerprint density at radius 1 is 0.667 bits per heavy atom. The van der Waals surface area contributed by atoms with Crippen LogP contribution in [0.2, 0.25) is 0 Å². The van der Waals surface area contributed by atoms with Crippen molar-refractivity contribution >= 4 is 27.5 Å². The van der Waals surface area contributed by atoms with Crippen LogP contribution in [-0.2, 0) is 26.5 Å². The molecule has 294 valence electrons. The maximum absolute atomic E-state index is 6.86. The Hall–Kier alpha value is -5.12. The van der Waals surface area contributed by atoms with Crippen LogP contribution in [0.5, 0.6) is 11.5 Å². The summed E-state index contributed by atoms with van der Waals surface area (Å²) in [7, 11) is 2.08. The minimum Gasteiger partial charge on any atom is -0.509 e. The Balaban J connectivity index is 0.00000496. The van der Waals surface area contributed by atoms with Gasteiger partial charge in [-0.15, -0.1) is 47.0 Å². The summed E-state index contributed by atoms with van der Waals surface area (Å²) in [5.74, 6) is 2.09. The number of rotatable bonds is 6. The first-order valence-electron chi connectivity index (χ1n) is 19.5. The predicted molar refractivity (Wildman–Crippen MR) is 234 cm³/mol. The standard InChI is InChI=1S/C51H51N4O.Pt/c1-30-20-32(3)48(33(4)21-30)38-24-40(54-29-53(12)36(7)37(54)8)27-42(25-38)56-41-16-17-43-44-14-13-15-45(49-34(5)22-31(2)23-35(49)6)50(44)55(46(43)28-41)47-26-39(18-19-52-47)51(9,10)11;/h13-26,29H,1-12H3;/q-3;. The summed E-state index contributed by atoms with van der Waals surface area (Å²) < 4.78 is 9.15. The average molecular weight is 931 g/mol. The van der Waals surface area contributed by atoms with Crippen LogP contribution in [0.15, 0.2) is 96.5 Å². The number of hydrogen-bond donors (Lipinski definition) is 0. The van der Waals surface area contributed by atoms with Crippen LogP contribution in [0, 0.1) is 60.3 Å². The molecular weight excluding hydrogens is 880 g/mol. The number of anilines is 1. The molecule has 0 radical (unpaired) electrons. The van der Waals surface area contributed by atoms with Crippen molar-refractivity contribution in [3.8, 4) is 39.6 Å². The van der Waals surface area contributed by atoms with Crippen molar-refractivity contribution in [1.29, 1.82) is 0 Å². The maximum atomic E-state index is 6.86. The van der Waals surface area contributed by atoms with Gasteiger partial charge in [0.25, 0.3) is 0 Å². The molecule has 0 atom stereocenters. The maximum Gasteiger partial charge on any atom is 0.135 e. The fourth-order valence-electron chi connectivity index (χ4n) is 8.70. The van der Waals surface area contributed by atoms with Gasteiger partial charge in [-0.1, -0.05) is 79.9 Å². The van der Waals surface area contributed by atoms with Crippen molar-refractivity contribution in [2.45, 2.75) is 81.6 Å². The number of pyridine rings is 1. The van der Waals surface area contributed by atoms with Crippen molar-refractivity contribution in [3.05, 3.63) is 154 Å². The van der Waals surface area contributed by atoms with Crippen molar-refractivity contribution in [1.82, 2.24) is 14.5 Å². The summed E-state index contributed by atoms with van der Waals surface area (Å²) in [5.41, 5.74) is 18.7. The Morgan fingerprint density at radius 2 is 1.32 bits per heavy atom. The van der Waals surface area contributed by atoms with Gasteiger partial charge in [0, 0.05) is 55.5 Å². The Morgan fingerprint density at radius 3 is 1.93 bits per heavy atom. The van der Waals surface area contributed by atoms with Crippen LogP contribution in [0.25, 0.3) is 49.9 Å². The zero-order valence-corrected chi connectivity index (χ0v) is 37.4. The van der Waals surface area contributed by atoms with Crippen molar-refractivity contribution in [2.24, 2.45) is 0 Å². The zero-order valence-electron chi connectivity index (χ0n) is 35.2. The molecule has 5 nitrogen and oxygen atoms in total. The van der Waals surface area contributed by atoms with Crippen LogP contribution in [0.3, 0.4) is 0 Å². The predicted octanol–water partition coefficient (Wildman–Crippen LogP) is 13.2. The van der Waals surface area contributed by atoms with Crippen LogP contribution < -0.4 is 9.64 Å². The first-order valence-corrected chi connectivity index (χ1v) is 19.5. The Bertz CT molecular complexity index is 2700. The number of para-hydroxylation sites is 1. The van der Waals surface area contributed by atoms with Crippen LogP contribution in [-0.4, -0.2) is 21.5 Å². The first-order chi connectivity index (χ1) is 26.6. The molecule has 0 bridgehead atoms. The number of aryl methyl sites for hydroxylation is 6. The summed E-state index contributed by atoms with van der Waals surface area (Å²) in [6.45, 7) is 26.3. The molecule has 0 amide bonds. The minimum atomic E-state index is -0.0538. The van der Waals surface area contributed by atoms with Crippen LogP contribution in [0.4, 0.5) is 5.69 Å². The topological polar surface area (TPSA) is 33.5 Å². The van der Waals surface area contributed by atoms with E-state index in [9.17, 15) is 0 Å². The smallest absolute Gasteiger partial charge is 0.135 e. The summed E-state index contributed by atoms with van der Waals surface area (Å²) in [6, 6.07) is 36.0. The van der Waals surface area contributed by atoms with Gasteiger partial charge in [-0.3, -0.25) is 0 Å². The third kappa shape index (κ3) is 7.21. The molecule has 1 aliphatic rings. The Labute approximate surface area is 353 Å². The monoisotopic (exact) mass is 930 g/mol. The number of allylic oxidation sites excluding steroid dienone is 2. The van der Waals surface area contributed by atoms with E-state index in [1.54, 1.807) is 0 Å². The molecule has 6 heteroatoms. The quantitative estimate of drug-likeness (QED) is 0.156. The average Bonchev–Trinajstić information content (AvgIpc) is 3.59. The second kappa shape index (κ2) is 15.0. The van der Waals surface area contributed by atoms with Crippen molar-refractivity contribution in [2.75, 3.05) is 11.9 Å². The van der Waals surface area contributed by atoms with Gasteiger partial charge in [0.15, 0.2) is 0 Å². The summed E-state index contributed by atoms with van der Waals surface area (Å²) in [5, 5.41) is 2.24. The molecule has 8 rings (SSSR count). The van der Waals surface area contributed by atoms with Gasteiger partial charge in [-0.25, -0.2) is 4.98 Å². The fourth-order valence-corrected chi connectivity index (χ4v) is 8.70. The largest absolute Gasteiger partial charge is 0.509 e. The molecule has 0 unspecified atom stereocenters. The molecule has 3 heterocycles. The second-order valence-electron chi connectivity index (χ2n) is 16.8. The summed E-state index contributed by atoms with van der Waals surface area (Å²) in [6.07, 6.45) is 1.93. The number of aromatic nitrogens is 2. The number of nitrogens with zero attached hydrogens (tertiary/aromatic N) is 4. The van der Waals surface area contributed by atoms with E-state index in [0.717, 1.165) is 44.6 Å². The van der Waals surface area contributed by atoms with E-state index in [4.69, 9.17) is 9.72 Å². The van der Waals surface area contributed by atoms with Gasteiger partial charge in [0.1, 0.15) is 5.82 Å². The second-order valence-corrected chi connectivity index (χ2v) is 16.8. The Kier molecular flexibility index (Phi) is 10.5. The first kappa shape index (κ1) is 40.1. The van der Waals surface area contributed by atoms with E-state index < -0.39 is 0 Å². The molecule has 0 saturated heterocycles. The van der Waals surface area contributed by atoms with Gasteiger partial charge < -0.3 is 19.1 Å². The molecule has 0 saturated carbocycles. The van der Waals surface area contributed by atoms with Crippen LogP contribution >= 0.6 is 0 Å². The van der Waals surface area contributed by atoms with E-state index in [1.807, 2.05) is 12.3 Å². The molecule has 5 aromatic carbocycles. The number of benzene rings is 5.